The molecule has 0 heterocycles. The summed E-state index contributed by atoms with van der Waals surface area (Å²) in [5.74, 6) is -6.74. The predicted molar refractivity (Wildman–Crippen MR) is 86.6 cm³/mol. The van der Waals surface area contributed by atoms with Crippen molar-refractivity contribution in [3.05, 3.63) is 65.2 Å². The van der Waals surface area contributed by atoms with E-state index in [-0.39, 0.29) is 24.7 Å². The lowest BCUT2D eigenvalue weighted by Gasteiger charge is -2.72. The summed E-state index contributed by atoms with van der Waals surface area (Å²) in [6.45, 7) is 0. The van der Waals surface area contributed by atoms with E-state index < -0.39 is 34.3 Å². The molecule has 26 heavy (non-hydrogen) atoms. The van der Waals surface area contributed by atoms with Gasteiger partial charge in [-0.3, -0.25) is 4.79 Å². The molecule has 3 aliphatic carbocycles. The zero-order valence-corrected chi connectivity index (χ0v) is 14.0. The van der Waals surface area contributed by atoms with Gasteiger partial charge in [0.1, 0.15) is 17.4 Å². The third-order valence-electron chi connectivity index (χ3n) is 5.86. The van der Waals surface area contributed by atoms with Crippen LogP contribution in [-0.4, -0.2) is 18.8 Å². The highest BCUT2D eigenvalue weighted by atomic mass is 19.3. The van der Waals surface area contributed by atoms with Crippen LogP contribution in [0.5, 0.6) is 5.75 Å². The van der Waals surface area contributed by atoms with Gasteiger partial charge in [-0.25, -0.2) is 8.78 Å². The summed E-state index contributed by atoms with van der Waals surface area (Å²) in [5, 5.41) is 0. The van der Waals surface area contributed by atoms with Gasteiger partial charge in [0.15, 0.2) is 0 Å². The fourth-order valence-corrected chi connectivity index (χ4v) is 4.46. The standard InChI is InChI=1S/C20H16F4O2/c1-26-14-5-2-12(3-6-14)18-9-19(10-18,11-18)20(23,24)17(25)15-7-4-13(21)8-16(15)22/h2-8H,9-11H2,1H3. The number of hydrogen-bond donors (Lipinski definition) is 0. The lowest BCUT2D eigenvalue weighted by Crippen LogP contribution is -2.73. The predicted octanol–water partition coefficient (Wildman–Crippen LogP) is 4.91. The van der Waals surface area contributed by atoms with Crippen LogP contribution < -0.4 is 4.74 Å². The summed E-state index contributed by atoms with van der Waals surface area (Å²) >= 11 is 0. The van der Waals surface area contributed by atoms with Gasteiger partial charge in [-0.1, -0.05) is 12.1 Å². The van der Waals surface area contributed by atoms with E-state index in [9.17, 15) is 22.4 Å². The quantitative estimate of drug-likeness (QED) is 0.556. The molecule has 3 fully saturated rings. The van der Waals surface area contributed by atoms with E-state index in [1.807, 2.05) is 12.1 Å². The molecule has 6 heteroatoms. The Labute approximate surface area is 147 Å². The molecule has 2 aromatic carbocycles. The maximum atomic E-state index is 14.8. The first-order chi connectivity index (χ1) is 12.2. The van der Waals surface area contributed by atoms with Gasteiger partial charge in [0, 0.05) is 11.5 Å². The van der Waals surface area contributed by atoms with Crippen LogP contribution in [0, 0.1) is 17.0 Å². The Morgan fingerprint density at radius 3 is 2.19 bits per heavy atom. The van der Waals surface area contributed by atoms with E-state index in [0.29, 0.717) is 11.8 Å². The minimum absolute atomic E-state index is 0.174. The molecule has 0 N–H and O–H groups in total. The largest absolute Gasteiger partial charge is 0.497 e. The molecule has 2 aromatic rings. The van der Waals surface area contributed by atoms with Crippen LogP contribution in [0.15, 0.2) is 42.5 Å². The number of hydrogen-bond acceptors (Lipinski definition) is 2. The molecule has 0 amide bonds. The first-order valence-electron chi connectivity index (χ1n) is 8.25. The first kappa shape index (κ1) is 17.1. The van der Waals surface area contributed by atoms with Gasteiger partial charge >= 0.3 is 5.92 Å². The zero-order chi connectivity index (χ0) is 18.7. The minimum Gasteiger partial charge on any atom is -0.497 e. The van der Waals surface area contributed by atoms with Crippen LogP contribution in [-0.2, 0) is 5.41 Å². The smallest absolute Gasteiger partial charge is 0.315 e. The van der Waals surface area contributed by atoms with E-state index in [4.69, 9.17) is 4.74 Å². The number of methoxy groups -OCH3 is 1. The van der Waals surface area contributed by atoms with E-state index in [1.54, 1.807) is 19.2 Å². The van der Waals surface area contributed by atoms with Crippen molar-refractivity contribution in [1.82, 2.24) is 0 Å². The van der Waals surface area contributed by atoms with Crippen molar-refractivity contribution in [3.8, 4) is 5.75 Å². The molecule has 0 radical (unpaired) electrons. The van der Waals surface area contributed by atoms with Crippen LogP contribution in [0.1, 0.15) is 35.2 Å². The van der Waals surface area contributed by atoms with Gasteiger partial charge in [-0.05, 0) is 54.5 Å². The van der Waals surface area contributed by atoms with Gasteiger partial charge in [0.25, 0.3) is 0 Å². The highest BCUT2D eigenvalue weighted by molar-refractivity contribution is 6.02. The molecule has 0 saturated heterocycles. The van der Waals surface area contributed by atoms with Crippen LogP contribution in [0.25, 0.3) is 0 Å². The minimum atomic E-state index is -3.68. The molecule has 3 saturated carbocycles. The number of ether oxygens (including phenoxy) is 1. The number of alkyl halides is 2. The Kier molecular flexibility index (Phi) is 3.49. The van der Waals surface area contributed by atoms with E-state index in [0.717, 1.165) is 17.7 Å². The van der Waals surface area contributed by atoms with E-state index in [2.05, 4.69) is 0 Å². The number of Topliss-reactive ketones (excluding diaryl/α,β-unsaturated/α-hetero) is 1. The summed E-state index contributed by atoms with van der Waals surface area (Å²) < 4.78 is 61.5. The Hall–Kier alpha value is -2.37. The van der Waals surface area contributed by atoms with Crippen molar-refractivity contribution in [2.24, 2.45) is 5.41 Å². The Bertz CT molecular complexity index is 869. The van der Waals surface area contributed by atoms with Crippen molar-refractivity contribution in [3.63, 3.8) is 0 Å². The van der Waals surface area contributed by atoms with Gasteiger partial charge in [-0.15, -0.1) is 0 Å². The molecule has 0 spiro atoms. The van der Waals surface area contributed by atoms with Crippen molar-refractivity contribution in [2.45, 2.75) is 30.6 Å². The second-order valence-corrected chi connectivity index (χ2v) is 7.35. The lowest BCUT2D eigenvalue weighted by atomic mass is 9.31. The molecule has 0 unspecified atom stereocenters. The molecule has 136 valence electrons. The molecule has 3 aliphatic rings. The number of ketones is 1. The van der Waals surface area contributed by atoms with Crippen LogP contribution >= 0.6 is 0 Å². The first-order valence-corrected chi connectivity index (χ1v) is 8.25. The fourth-order valence-electron chi connectivity index (χ4n) is 4.46. The van der Waals surface area contributed by atoms with E-state index in [1.165, 1.54) is 0 Å². The maximum absolute atomic E-state index is 14.8. The normalized spacial score (nSPS) is 26.7. The monoisotopic (exact) mass is 364 g/mol. The van der Waals surface area contributed by atoms with Crippen molar-refractivity contribution < 1.29 is 27.1 Å². The number of halogens is 4. The molecule has 0 aromatic heterocycles. The van der Waals surface area contributed by atoms with Gasteiger partial charge in [0.05, 0.1) is 12.7 Å². The molecular weight excluding hydrogens is 348 g/mol. The van der Waals surface area contributed by atoms with Crippen molar-refractivity contribution >= 4 is 5.78 Å². The molecule has 5 rings (SSSR count). The summed E-state index contributed by atoms with van der Waals surface area (Å²) in [5.41, 5.74) is -1.61. The second-order valence-electron chi connectivity index (χ2n) is 7.35. The highest BCUT2D eigenvalue weighted by Crippen LogP contribution is 2.78. The van der Waals surface area contributed by atoms with Crippen LogP contribution in [0.3, 0.4) is 0 Å². The van der Waals surface area contributed by atoms with Crippen molar-refractivity contribution in [2.75, 3.05) is 7.11 Å². The van der Waals surface area contributed by atoms with Gasteiger partial charge < -0.3 is 4.74 Å². The summed E-state index contributed by atoms with van der Waals surface area (Å²) in [4.78, 5) is 12.3. The highest BCUT2D eigenvalue weighted by Gasteiger charge is 2.79. The molecule has 2 bridgehead atoms. The zero-order valence-electron chi connectivity index (χ0n) is 14.0. The Morgan fingerprint density at radius 1 is 1.04 bits per heavy atom. The van der Waals surface area contributed by atoms with Crippen molar-refractivity contribution in [1.29, 1.82) is 0 Å². The third-order valence-corrected chi connectivity index (χ3v) is 5.86. The van der Waals surface area contributed by atoms with Crippen LogP contribution in [0.4, 0.5) is 17.6 Å². The van der Waals surface area contributed by atoms with Gasteiger partial charge in [0.2, 0.25) is 5.78 Å². The van der Waals surface area contributed by atoms with Gasteiger partial charge in [-0.2, -0.15) is 8.78 Å². The average molecular weight is 364 g/mol. The number of benzene rings is 2. The fraction of sp³-hybridized carbons (Fsp3) is 0.350. The Morgan fingerprint density at radius 2 is 1.65 bits per heavy atom. The number of carbonyl (C=O) groups is 1. The number of carbonyl (C=O) groups excluding carboxylic acids is 1. The Balaban J connectivity index is 1.55. The summed E-state index contributed by atoms with van der Waals surface area (Å²) in [6, 6.07) is 9.30. The molecule has 0 aliphatic heterocycles. The SMILES string of the molecule is COc1ccc(C23CC(C(F)(F)C(=O)c4ccc(F)cc4F)(C2)C3)cc1. The average Bonchev–Trinajstić information content (AvgIpc) is 2.52. The van der Waals surface area contributed by atoms with E-state index >= 15 is 0 Å². The summed E-state index contributed by atoms with van der Waals surface area (Å²) in [7, 11) is 1.55. The molecule has 2 nitrogen and oxygen atoms in total. The van der Waals surface area contributed by atoms with Crippen LogP contribution in [0.2, 0.25) is 0 Å². The topological polar surface area (TPSA) is 26.3 Å². The maximum Gasteiger partial charge on any atom is 0.315 e. The second kappa shape index (κ2) is 5.32. The lowest BCUT2D eigenvalue weighted by molar-refractivity contribution is -0.256. The summed E-state index contributed by atoms with van der Waals surface area (Å²) in [6.07, 6.45) is 0.523. The molecule has 0 atom stereocenters. The number of rotatable bonds is 5. The molecular formula is C20H16F4O2. The third kappa shape index (κ3) is 2.14.